The number of rotatable bonds is 3. The summed E-state index contributed by atoms with van der Waals surface area (Å²) in [7, 11) is 0. The van der Waals surface area contributed by atoms with Crippen molar-refractivity contribution >= 4 is 11.6 Å². The zero-order valence-corrected chi connectivity index (χ0v) is 8.57. The fourth-order valence-electron chi connectivity index (χ4n) is 1.35. The van der Waals surface area contributed by atoms with Gasteiger partial charge in [-0.2, -0.15) is 0 Å². The summed E-state index contributed by atoms with van der Waals surface area (Å²) in [6.07, 6.45) is 1.32. The van der Waals surface area contributed by atoms with Gasteiger partial charge in [-0.25, -0.2) is 0 Å². The number of nitro groups is 1. The summed E-state index contributed by atoms with van der Waals surface area (Å²) in [6, 6.07) is 8.25. The largest absolute Gasteiger partial charge is 0.469 e. The van der Waals surface area contributed by atoms with Crippen LogP contribution in [0.3, 0.4) is 0 Å². The lowest BCUT2D eigenvalue weighted by atomic mass is 10.1. The lowest BCUT2D eigenvalue weighted by molar-refractivity contribution is -0.394. The zero-order valence-electron chi connectivity index (χ0n) is 8.57. The van der Waals surface area contributed by atoms with Crippen molar-refractivity contribution in [3.8, 4) is 11.3 Å². The van der Waals surface area contributed by atoms with Gasteiger partial charge in [0.05, 0.1) is 5.69 Å². The molecule has 2 rings (SSSR count). The summed E-state index contributed by atoms with van der Waals surface area (Å²) in [5.41, 5.74) is 3.54. The Morgan fingerprint density at radius 1 is 1.35 bits per heavy atom. The fraction of sp³-hybridized carbons (Fsp3) is 0. The minimum Gasteiger partial charge on any atom is -0.390 e. The molecule has 0 bridgehead atoms. The Morgan fingerprint density at radius 2 is 2.18 bits per heavy atom. The second-order valence-corrected chi connectivity index (χ2v) is 3.19. The minimum atomic E-state index is -0.655. The van der Waals surface area contributed by atoms with Crippen molar-refractivity contribution in [2.45, 2.75) is 0 Å². The number of hydrogen-bond acceptors (Lipinski definition) is 6. The van der Waals surface area contributed by atoms with Gasteiger partial charge in [0.15, 0.2) is 5.69 Å². The van der Waals surface area contributed by atoms with Crippen LogP contribution in [0.15, 0.2) is 36.5 Å². The number of hydrogen-bond donors (Lipinski definition) is 2. The fourth-order valence-corrected chi connectivity index (χ4v) is 1.35. The Hall–Kier alpha value is -2.54. The van der Waals surface area contributed by atoms with Crippen LogP contribution in [0.1, 0.15) is 0 Å². The zero-order chi connectivity index (χ0) is 12.3. The molecule has 7 nitrogen and oxygen atoms in total. The van der Waals surface area contributed by atoms with Crippen LogP contribution in [-0.2, 0) is 0 Å². The molecule has 0 atom stereocenters. The molecular weight excluding hydrogens is 224 g/mol. The number of nitrogens with one attached hydrogen (secondary N) is 1. The number of anilines is 1. The van der Waals surface area contributed by atoms with Crippen molar-refractivity contribution in [3.05, 3.63) is 46.6 Å². The predicted octanol–water partition coefficient (Wildman–Crippen LogP) is 1.85. The molecule has 0 saturated carbocycles. The first-order valence-corrected chi connectivity index (χ1v) is 4.68. The molecule has 0 aliphatic heterocycles. The first kappa shape index (κ1) is 11.0. The molecule has 0 saturated heterocycles. The van der Waals surface area contributed by atoms with Gasteiger partial charge in [0.2, 0.25) is 0 Å². The average Bonchev–Trinajstić information content (AvgIpc) is 2.39. The monoisotopic (exact) mass is 232 g/mol. The van der Waals surface area contributed by atoms with Gasteiger partial charge in [0.1, 0.15) is 6.20 Å². The van der Waals surface area contributed by atoms with E-state index in [-0.39, 0.29) is 0 Å². The van der Waals surface area contributed by atoms with Crippen LogP contribution in [-0.4, -0.2) is 20.1 Å². The van der Waals surface area contributed by atoms with Gasteiger partial charge in [0, 0.05) is 11.6 Å². The Bertz CT molecular complexity index is 559. The number of nitrogens with zero attached hydrogens (tertiary/aromatic N) is 3. The third-order valence-electron chi connectivity index (χ3n) is 2.09. The SMILES string of the molecule is O=[N+]([O-])c1nccc(-c2cccc(NO)c2)n1. The highest BCUT2D eigenvalue weighted by Gasteiger charge is 2.12. The summed E-state index contributed by atoms with van der Waals surface area (Å²) in [6.45, 7) is 0. The van der Waals surface area contributed by atoms with E-state index in [1.807, 2.05) is 5.48 Å². The lowest BCUT2D eigenvalue weighted by Crippen LogP contribution is -1.97. The van der Waals surface area contributed by atoms with E-state index in [2.05, 4.69) is 9.97 Å². The quantitative estimate of drug-likeness (QED) is 0.618. The molecule has 0 unspecified atom stereocenters. The van der Waals surface area contributed by atoms with Crippen molar-refractivity contribution in [3.63, 3.8) is 0 Å². The molecule has 86 valence electrons. The topological polar surface area (TPSA) is 101 Å². The summed E-state index contributed by atoms with van der Waals surface area (Å²) in [4.78, 5) is 17.2. The van der Waals surface area contributed by atoms with E-state index >= 15 is 0 Å². The van der Waals surface area contributed by atoms with E-state index in [0.29, 0.717) is 16.9 Å². The highest BCUT2D eigenvalue weighted by molar-refractivity contribution is 5.64. The van der Waals surface area contributed by atoms with Crippen molar-refractivity contribution in [1.82, 2.24) is 9.97 Å². The van der Waals surface area contributed by atoms with Crippen LogP contribution in [0.5, 0.6) is 0 Å². The molecular formula is C10H8N4O3. The van der Waals surface area contributed by atoms with Crippen molar-refractivity contribution < 1.29 is 10.1 Å². The minimum absolute atomic E-state index is 0.420. The van der Waals surface area contributed by atoms with Gasteiger partial charge in [-0.15, -0.1) is 0 Å². The number of aromatic nitrogens is 2. The van der Waals surface area contributed by atoms with E-state index in [9.17, 15) is 10.1 Å². The Balaban J connectivity index is 2.45. The molecule has 7 heteroatoms. The molecule has 0 amide bonds. The van der Waals surface area contributed by atoms with Crippen LogP contribution in [0.4, 0.5) is 11.6 Å². The maximum absolute atomic E-state index is 10.5. The van der Waals surface area contributed by atoms with Crippen LogP contribution in [0.2, 0.25) is 0 Å². The maximum Gasteiger partial charge on any atom is 0.469 e. The molecule has 0 aliphatic carbocycles. The molecule has 0 aliphatic rings. The van der Waals surface area contributed by atoms with E-state index in [1.165, 1.54) is 6.20 Å². The van der Waals surface area contributed by atoms with Gasteiger partial charge in [-0.1, -0.05) is 22.1 Å². The summed E-state index contributed by atoms with van der Waals surface area (Å²) >= 11 is 0. The van der Waals surface area contributed by atoms with Crippen LogP contribution < -0.4 is 5.48 Å². The molecule has 0 radical (unpaired) electrons. The Labute approximate surface area is 95.9 Å². The van der Waals surface area contributed by atoms with Crippen molar-refractivity contribution in [2.75, 3.05) is 5.48 Å². The van der Waals surface area contributed by atoms with Gasteiger partial charge in [0.25, 0.3) is 0 Å². The first-order chi connectivity index (χ1) is 8.20. The molecule has 2 N–H and O–H groups in total. The van der Waals surface area contributed by atoms with E-state index in [4.69, 9.17) is 5.21 Å². The van der Waals surface area contributed by atoms with Crippen LogP contribution >= 0.6 is 0 Å². The third-order valence-corrected chi connectivity index (χ3v) is 2.09. The molecule has 17 heavy (non-hydrogen) atoms. The van der Waals surface area contributed by atoms with Gasteiger partial charge in [-0.05, 0) is 17.1 Å². The first-order valence-electron chi connectivity index (χ1n) is 4.68. The van der Waals surface area contributed by atoms with Gasteiger partial charge in [-0.3, -0.25) is 10.7 Å². The Kier molecular flexibility index (Phi) is 2.93. The third kappa shape index (κ3) is 2.34. The second-order valence-electron chi connectivity index (χ2n) is 3.19. The second kappa shape index (κ2) is 4.54. The smallest absolute Gasteiger partial charge is 0.390 e. The maximum atomic E-state index is 10.5. The summed E-state index contributed by atoms with van der Waals surface area (Å²) in [5, 5.41) is 19.3. The standard InChI is InChI=1S/C10H8N4O3/c15-13-8-3-1-2-7(6-8)9-4-5-11-10(12-9)14(16)17/h1-6,13,15H. The van der Waals surface area contributed by atoms with Crippen molar-refractivity contribution in [2.24, 2.45) is 0 Å². The molecule has 2 aromatic rings. The Morgan fingerprint density at radius 3 is 2.88 bits per heavy atom. The average molecular weight is 232 g/mol. The van der Waals surface area contributed by atoms with E-state index < -0.39 is 10.9 Å². The van der Waals surface area contributed by atoms with E-state index in [0.717, 1.165) is 0 Å². The molecule has 1 aromatic heterocycles. The summed E-state index contributed by atoms with van der Waals surface area (Å²) in [5.74, 6) is -0.454. The van der Waals surface area contributed by atoms with Crippen LogP contribution in [0, 0.1) is 10.1 Å². The molecule has 0 spiro atoms. The van der Waals surface area contributed by atoms with Gasteiger partial charge >= 0.3 is 5.95 Å². The number of benzene rings is 1. The van der Waals surface area contributed by atoms with Crippen molar-refractivity contribution in [1.29, 1.82) is 0 Å². The van der Waals surface area contributed by atoms with Crippen LogP contribution in [0.25, 0.3) is 11.3 Å². The predicted molar refractivity (Wildman–Crippen MR) is 59.5 cm³/mol. The normalized spacial score (nSPS) is 9.94. The highest BCUT2D eigenvalue weighted by Crippen LogP contribution is 2.21. The highest BCUT2D eigenvalue weighted by atomic mass is 16.6. The summed E-state index contributed by atoms with van der Waals surface area (Å²) < 4.78 is 0. The van der Waals surface area contributed by atoms with Gasteiger partial charge < -0.3 is 10.1 Å². The lowest BCUT2D eigenvalue weighted by Gasteiger charge is -2.01. The van der Waals surface area contributed by atoms with E-state index in [1.54, 1.807) is 30.3 Å². The molecule has 1 aromatic carbocycles. The molecule has 1 heterocycles. The molecule has 0 fully saturated rings.